The highest BCUT2D eigenvalue weighted by Gasteiger charge is 2.28. The molecule has 1 amide bonds. The van der Waals surface area contributed by atoms with Crippen molar-refractivity contribution in [1.29, 1.82) is 0 Å². The van der Waals surface area contributed by atoms with E-state index in [0.29, 0.717) is 19.4 Å². The minimum atomic E-state index is -0.404. The van der Waals surface area contributed by atoms with E-state index in [1.807, 2.05) is 0 Å². The minimum Gasteiger partial charge on any atom is -0.464 e. The molecule has 0 aromatic rings. The van der Waals surface area contributed by atoms with E-state index in [1.54, 1.807) is 0 Å². The molecule has 0 saturated carbocycles. The molecule has 1 fully saturated rings. The molecule has 1 atom stereocenters. The first-order chi connectivity index (χ1) is 12.7. The van der Waals surface area contributed by atoms with E-state index in [0.717, 1.165) is 12.8 Å². The van der Waals surface area contributed by atoms with E-state index >= 15 is 0 Å². The summed E-state index contributed by atoms with van der Waals surface area (Å²) in [6.45, 7) is 2.76. The number of esters is 1. The van der Waals surface area contributed by atoms with E-state index in [9.17, 15) is 9.59 Å². The fourth-order valence-corrected chi connectivity index (χ4v) is 3.54. The van der Waals surface area contributed by atoms with Gasteiger partial charge in [0, 0.05) is 6.42 Å². The molecule has 1 aliphatic rings. The first-order valence-electron chi connectivity index (χ1n) is 11.2. The van der Waals surface area contributed by atoms with Gasteiger partial charge in [0.25, 0.3) is 0 Å². The van der Waals surface area contributed by atoms with Crippen LogP contribution in [-0.2, 0) is 14.3 Å². The van der Waals surface area contributed by atoms with Crippen LogP contribution in [0.15, 0.2) is 0 Å². The largest absolute Gasteiger partial charge is 0.464 e. The second-order valence-electron chi connectivity index (χ2n) is 7.78. The first-order valence-corrected chi connectivity index (χ1v) is 11.2. The van der Waals surface area contributed by atoms with Crippen molar-refractivity contribution in [3.8, 4) is 0 Å². The van der Waals surface area contributed by atoms with Crippen LogP contribution >= 0.6 is 0 Å². The lowest BCUT2D eigenvalue weighted by Crippen LogP contribution is -2.34. The first kappa shape index (κ1) is 23.0. The normalized spacial score (nSPS) is 16.7. The van der Waals surface area contributed by atoms with Crippen molar-refractivity contribution in [2.24, 2.45) is 0 Å². The van der Waals surface area contributed by atoms with Gasteiger partial charge in [-0.2, -0.15) is 0 Å². The van der Waals surface area contributed by atoms with Crippen LogP contribution < -0.4 is 5.32 Å². The summed E-state index contributed by atoms with van der Waals surface area (Å²) in [5.74, 6) is -0.305. The molecule has 4 nitrogen and oxygen atoms in total. The third-order valence-corrected chi connectivity index (χ3v) is 5.27. The van der Waals surface area contributed by atoms with E-state index in [2.05, 4.69) is 12.2 Å². The van der Waals surface area contributed by atoms with Crippen LogP contribution in [0.3, 0.4) is 0 Å². The Labute approximate surface area is 160 Å². The third kappa shape index (κ3) is 12.3. The highest BCUT2D eigenvalue weighted by molar-refractivity contribution is 5.87. The molecule has 0 aromatic heterocycles. The van der Waals surface area contributed by atoms with E-state index in [-0.39, 0.29) is 11.9 Å². The van der Waals surface area contributed by atoms with Crippen molar-refractivity contribution in [2.45, 2.75) is 122 Å². The predicted molar refractivity (Wildman–Crippen MR) is 107 cm³/mol. The fraction of sp³-hybridized carbons (Fsp3) is 0.909. The fourth-order valence-electron chi connectivity index (χ4n) is 3.54. The third-order valence-electron chi connectivity index (χ3n) is 5.27. The van der Waals surface area contributed by atoms with Gasteiger partial charge in [0.1, 0.15) is 6.04 Å². The molecule has 26 heavy (non-hydrogen) atoms. The summed E-state index contributed by atoms with van der Waals surface area (Å²) in [5, 5.41) is 2.64. The summed E-state index contributed by atoms with van der Waals surface area (Å²) < 4.78 is 5.23. The number of hydrogen-bond acceptors (Lipinski definition) is 3. The van der Waals surface area contributed by atoms with Crippen LogP contribution in [0.5, 0.6) is 0 Å². The van der Waals surface area contributed by atoms with Gasteiger partial charge in [-0.1, -0.05) is 96.8 Å². The van der Waals surface area contributed by atoms with Crippen LogP contribution in [0.1, 0.15) is 116 Å². The monoisotopic (exact) mass is 367 g/mol. The van der Waals surface area contributed by atoms with Crippen LogP contribution in [0.25, 0.3) is 0 Å². The van der Waals surface area contributed by atoms with E-state index in [1.165, 1.54) is 83.5 Å². The Kier molecular flexibility index (Phi) is 14.3. The molecule has 4 heteroatoms. The molecule has 1 saturated heterocycles. The maximum atomic E-state index is 11.7. The number of hydrogen-bond donors (Lipinski definition) is 1. The van der Waals surface area contributed by atoms with Crippen molar-refractivity contribution in [1.82, 2.24) is 5.32 Å². The lowest BCUT2D eigenvalue weighted by molar-refractivity contribution is -0.146. The summed E-state index contributed by atoms with van der Waals surface area (Å²) >= 11 is 0. The Morgan fingerprint density at radius 2 is 1.31 bits per heavy atom. The number of unbranched alkanes of at least 4 members (excludes halogenated alkanes) is 14. The van der Waals surface area contributed by atoms with Crippen molar-refractivity contribution in [2.75, 3.05) is 6.61 Å². The predicted octanol–water partition coefficient (Wildman–Crippen LogP) is 5.68. The van der Waals surface area contributed by atoms with Crippen LogP contribution in [0, 0.1) is 0 Å². The van der Waals surface area contributed by atoms with Gasteiger partial charge >= 0.3 is 5.97 Å². The molecule has 0 aromatic carbocycles. The standard InChI is InChI=1S/C22H41NO3/c1-2-3-4-5-6-7-8-9-10-11-12-13-14-15-16-19-26-22(25)20-17-18-21(24)23-20/h20H,2-19H2,1H3,(H,23,24)/t20-/m0/s1. The summed E-state index contributed by atoms with van der Waals surface area (Å²) in [4.78, 5) is 22.8. The summed E-state index contributed by atoms with van der Waals surface area (Å²) in [6.07, 6.45) is 21.0. The Balaban J connectivity index is 1.73. The zero-order valence-corrected chi connectivity index (χ0v) is 17.0. The lowest BCUT2D eigenvalue weighted by Gasteiger charge is -2.09. The summed E-state index contributed by atoms with van der Waals surface area (Å²) in [5.41, 5.74) is 0. The lowest BCUT2D eigenvalue weighted by atomic mass is 10.0. The molecule has 0 unspecified atom stereocenters. The topological polar surface area (TPSA) is 55.4 Å². The highest BCUT2D eigenvalue weighted by Crippen LogP contribution is 2.13. The molecule has 0 aliphatic carbocycles. The van der Waals surface area contributed by atoms with Gasteiger partial charge in [-0.3, -0.25) is 4.79 Å². The molecule has 1 rings (SSSR count). The number of carbonyl (C=O) groups is 2. The van der Waals surface area contributed by atoms with Crippen LogP contribution in [-0.4, -0.2) is 24.5 Å². The maximum Gasteiger partial charge on any atom is 0.328 e. The second kappa shape index (κ2) is 16.1. The SMILES string of the molecule is CCCCCCCCCCCCCCCCCOC(=O)[C@@H]1CCC(=O)N1. The van der Waals surface area contributed by atoms with E-state index < -0.39 is 6.04 Å². The average molecular weight is 368 g/mol. The zero-order chi connectivity index (χ0) is 18.9. The highest BCUT2D eigenvalue weighted by atomic mass is 16.5. The van der Waals surface area contributed by atoms with Crippen molar-refractivity contribution < 1.29 is 14.3 Å². The van der Waals surface area contributed by atoms with Crippen LogP contribution in [0.4, 0.5) is 0 Å². The molecular weight excluding hydrogens is 326 g/mol. The maximum absolute atomic E-state index is 11.7. The van der Waals surface area contributed by atoms with Crippen molar-refractivity contribution in [3.63, 3.8) is 0 Å². The van der Waals surface area contributed by atoms with Gasteiger partial charge in [-0.05, 0) is 12.8 Å². The van der Waals surface area contributed by atoms with Crippen molar-refractivity contribution >= 4 is 11.9 Å². The van der Waals surface area contributed by atoms with E-state index in [4.69, 9.17) is 4.74 Å². The Morgan fingerprint density at radius 3 is 1.73 bits per heavy atom. The Hall–Kier alpha value is -1.06. The number of carbonyl (C=O) groups excluding carboxylic acids is 2. The molecule has 1 heterocycles. The number of amides is 1. The Bertz CT molecular complexity index is 370. The number of ether oxygens (including phenoxy) is 1. The second-order valence-corrected chi connectivity index (χ2v) is 7.78. The smallest absolute Gasteiger partial charge is 0.328 e. The number of nitrogens with one attached hydrogen (secondary N) is 1. The minimum absolute atomic E-state index is 0.0427. The van der Waals surface area contributed by atoms with Gasteiger partial charge in [0.15, 0.2) is 0 Å². The molecular formula is C22H41NO3. The van der Waals surface area contributed by atoms with Gasteiger partial charge in [-0.25, -0.2) is 4.79 Å². The zero-order valence-electron chi connectivity index (χ0n) is 17.0. The number of rotatable bonds is 17. The summed E-state index contributed by atoms with van der Waals surface area (Å²) in [7, 11) is 0. The average Bonchev–Trinajstić information content (AvgIpc) is 3.07. The molecule has 1 N–H and O–H groups in total. The van der Waals surface area contributed by atoms with Gasteiger partial charge in [0.05, 0.1) is 6.61 Å². The van der Waals surface area contributed by atoms with Crippen molar-refractivity contribution in [3.05, 3.63) is 0 Å². The molecule has 1 aliphatic heterocycles. The van der Waals surface area contributed by atoms with Gasteiger partial charge in [0.2, 0.25) is 5.91 Å². The quantitative estimate of drug-likeness (QED) is 0.266. The molecule has 0 radical (unpaired) electrons. The molecule has 152 valence electrons. The molecule has 0 bridgehead atoms. The Morgan fingerprint density at radius 1 is 0.846 bits per heavy atom. The summed E-state index contributed by atoms with van der Waals surface area (Å²) in [6, 6.07) is -0.404. The van der Waals surface area contributed by atoms with Gasteiger partial charge in [-0.15, -0.1) is 0 Å². The van der Waals surface area contributed by atoms with Gasteiger partial charge < -0.3 is 10.1 Å². The molecule has 0 spiro atoms. The van der Waals surface area contributed by atoms with Crippen LogP contribution in [0.2, 0.25) is 0 Å².